The van der Waals surface area contributed by atoms with E-state index in [2.05, 4.69) is 5.32 Å². The number of rotatable bonds is 4. The Morgan fingerprint density at radius 2 is 2.29 bits per heavy atom. The lowest BCUT2D eigenvalue weighted by molar-refractivity contribution is 0.0989. The van der Waals surface area contributed by atoms with Gasteiger partial charge in [-0.25, -0.2) is 0 Å². The molecule has 14 heavy (non-hydrogen) atoms. The van der Waals surface area contributed by atoms with Crippen molar-refractivity contribution in [3.05, 3.63) is 0 Å². The molecule has 1 aliphatic heterocycles. The fourth-order valence-corrected chi connectivity index (χ4v) is 2.44. The van der Waals surface area contributed by atoms with Gasteiger partial charge >= 0.3 is 0 Å². The van der Waals surface area contributed by atoms with Crippen LogP contribution in [0.25, 0.3) is 0 Å². The average Bonchev–Trinajstić information content (AvgIpc) is 2.86. The summed E-state index contributed by atoms with van der Waals surface area (Å²) in [7, 11) is 1.81. The first-order chi connectivity index (χ1) is 6.88. The Kier molecular flexibility index (Phi) is 3.79. The van der Waals surface area contributed by atoms with Crippen molar-refractivity contribution in [3.8, 4) is 0 Å². The summed E-state index contributed by atoms with van der Waals surface area (Å²) in [6.07, 6.45) is 7.05. The van der Waals surface area contributed by atoms with Gasteiger partial charge in [0.1, 0.15) is 0 Å². The molecule has 0 radical (unpaired) electrons. The summed E-state index contributed by atoms with van der Waals surface area (Å²) in [5.74, 6) is 0. The number of hydrogen-bond donors (Lipinski definition) is 1. The van der Waals surface area contributed by atoms with Gasteiger partial charge in [-0.15, -0.1) is 0 Å². The second-order valence-corrected chi connectivity index (χ2v) is 4.41. The van der Waals surface area contributed by atoms with Gasteiger partial charge in [-0.3, -0.25) is 0 Å². The van der Waals surface area contributed by atoms with Crippen LogP contribution in [0.4, 0.5) is 0 Å². The Morgan fingerprint density at radius 1 is 1.36 bits per heavy atom. The smallest absolute Gasteiger partial charge is 0.0700 e. The average molecular weight is 199 g/mol. The molecule has 0 bridgehead atoms. The highest BCUT2D eigenvalue weighted by Gasteiger charge is 2.25. The molecule has 0 amide bonds. The molecule has 1 aliphatic carbocycles. The summed E-state index contributed by atoms with van der Waals surface area (Å²) >= 11 is 0. The molecule has 2 fully saturated rings. The molecular weight excluding hydrogens is 178 g/mol. The SMILES string of the molecule is COC1CCC(NCC2CCCO2)C1. The third-order valence-corrected chi connectivity index (χ3v) is 3.38. The zero-order valence-electron chi connectivity index (χ0n) is 9.00. The summed E-state index contributed by atoms with van der Waals surface area (Å²) in [5.41, 5.74) is 0. The van der Waals surface area contributed by atoms with E-state index in [9.17, 15) is 0 Å². The molecule has 0 aromatic carbocycles. The van der Waals surface area contributed by atoms with Gasteiger partial charge in [0.15, 0.2) is 0 Å². The van der Waals surface area contributed by atoms with Crippen molar-refractivity contribution in [1.29, 1.82) is 0 Å². The van der Waals surface area contributed by atoms with Gasteiger partial charge < -0.3 is 14.8 Å². The quantitative estimate of drug-likeness (QED) is 0.741. The standard InChI is InChI=1S/C11H21NO2/c1-13-10-5-4-9(7-10)12-8-11-3-2-6-14-11/h9-12H,2-8H2,1H3. The van der Waals surface area contributed by atoms with Crippen molar-refractivity contribution in [2.45, 2.75) is 50.4 Å². The van der Waals surface area contributed by atoms with Crippen LogP contribution in [0.1, 0.15) is 32.1 Å². The van der Waals surface area contributed by atoms with Crippen LogP contribution in [0, 0.1) is 0 Å². The van der Waals surface area contributed by atoms with E-state index in [1.807, 2.05) is 7.11 Å². The predicted molar refractivity (Wildman–Crippen MR) is 55.4 cm³/mol. The van der Waals surface area contributed by atoms with Crippen LogP contribution in [-0.4, -0.2) is 38.5 Å². The summed E-state index contributed by atoms with van der Waals surface area (Å²) in [6, 6.07) is 0.657. The van der Waals surface area contributed by atoms with E-state index in [1.165, 1.54) is 32.1 Å². The topological polar surface area (TPSA) is 30.5 Å². The predicted octanol–water partition coefficient (Wildman–Crippen LogP) is 1.32. The van der Waals surface area contributed by atoms with Crippen LogP contribution in [0.5, 0.6) is 0 Å². The third kappa shape index (κ3) is 2.69. The molecule has 82 valence electrons. The minimum atomic E-state index is 0.469. The van der Waals surface area contributed by atoms with Crippen molar-refractivity contribution >= 4 is 0 Å². The minimum absolute atomic E-state index is 0.469. The van der Waals surface area contributed by atoms with Gasteiger partial charge in [0.05, 0.1) is 12.2 Å². The molecule has 1 saturated carbocycles. The molecule has 3 nitrogen and oxygen atoms in total. The van der Waals surface area contributed by atoms with E-state index in [1.54, 1.807) is 0 Å². The lowest BCUT2D eigenvalue weighted by Gasteiger charge is -2.16. The molecule has 0 aromatic heterocycles. The van der Waals surface area contributed by atoms with E-state index in [0.717, 1.165) is 13.2 Å². The summed E-state index contributed by atoms with van der Waals surface area (Å²) in [4.78, 5) is 0. The fraction of sp³-hybridized carbons (Fsp3) is 1.00. The Balaban J connectivity index is 1.61. The van der Waals surface area contributed by atoms with Crippen molar-refractivity contribution < 1.29 is 9.47 Å². The summed E-state index contributed by atoms with van der Waals surface area (Å²) in [5, 5.41) is 3.58. The lowest BCUT2D eigenvalue weighted by atomic mass is 10.2. The van der Waals surface area contributed by atoms with Gasteiger partial charge in [-0.2, -0.15) is 0 Å². The minimum Gasteiger partial charge on any atom is -0.381 e. The van der Waals surface area contributed by atoms with Crippen molar-refractivity contribution in [2.24, 2.45) is 0 Å². The van der Waals surface area contributed by atoms with E-state index in [0.29, 0.717) is 18.2 Å². The van der Waals surface area contributed by atoms with Crippen molar-refractivity contribution in [3.63, 3.8) is 0 Å². The number of nitrogens with one attached hydrogen (secondary N) is 1. The molecule has 3 heteroatoms. The van der Waals surface area contributed by atoms with Gasteiger partial charge in [-0.1, -0.05) is 0 Å². The molecule has 0 spiro atoms. The van der Waals surface area contributed by atoms with E-state index >= 15 is 0 Å². The highest BCUT2D eigenvalue weighted by Crippen LogP contribution is 2.21. The van der Waals surface area contributed by atoms with Crippen LogP contribution in [-0.2, 0) is 9.47 Å². The Labute approximate surface area is 86.2 Å². The third-order valence-electron chi connectivity index (χ3n) is 3.38. The summed E-state index contributed by atoms with van der Waals surface area (Å²) in [6.45, 7) is 1.98. The Morgan fingerprint density at radius 3 is 2.93 bits per heavy atom. The highest BCUT2D eigenvalue weighted by atomic mass is 16.5. The maximum Gasteiger partial charge on any atom is 0.0700 e. The molecule has 3 unspecified atom stereocenters. The van der Waals surface area contributed by atoms with E-state index < -0.39 is 0 Å². The highest BCUT2D eigenvalue weighted by molar-refractivity contribution is 4.82. The summed E-state index contributed by atoms with van der Waals surface area (Å²) < 4.78 is 10.9. The molecule has 2 rings (SSSR count). The molecule has 1 N–H and O–H groups in total. The van der Waals surface area contributed by atoms with Crippen LogP contribution < -0.4 is 5.32 Å². The van der Waals surface area contributed by atoms with Gasteiger partial charge in [0.2, 0.25) is 0 Å². The molecule has 1 saturated heterocycles. The maximum absolute atomic E-state index is 5.57. The first kappa shape index (κ1) is 10.4. The number of methoxy groups -OCH3 is 1. The van der Waals surface area contributed by atoms with Gasteiger partial charge in [0, 0.05) is 26.3 Å². The normalized spacial score (nSPS) is 37.9. The van der Waals surface area contributed by atoms with Crippen LogP contribution >= 0.6 is 0 Å². The van der Waals surface area contributed by atoms with Gasteiger partial charge in [-0.05, 0) is 32.1 Å². The van der Waals surface area contributed by atoms with Crippen LogP contribution in [0.15, 0.2) is 0 Å². The van der Waals surface area contributed by atoms with Crippen molar-refractivity contribution in [1.82, 2.24) is 5.32 Å². The molecule has 2 aliphatic rings. The molecule has 3 atom stereocenters. The maximum atomic E-state index is 5.57. The zero-order valence-corrected chi connectivity index (χ0v) is 9.00. The van der Waals surface area contributed by atoms with E-state index in [4.69, 9.17) is 9.47 Å². The lowest BCUT2D eigenvalue weighted by Crippen LogP contribution is -2.34. The Hall–Kier alpha value is -0.120. The molecule has 1 heterocycles. The van der Waals surface area contributed by atoms with Gasteiger partial charge in [0.25, 0.3) is 0 Å². The molecule has 0 aromatic rings. The van der Waals surface area contributed by atoms with E-state index in [-0.39, 0.29) is 0 Å². The first-order valence-electron chi connectivity index (χ1n) is 5.76. The number of hydrogen-bond acceptors (Lipinski definition) is 3. The second kappa shape index (κ2) is 5.10. The molecular formula is C11H21NO2. The largest absolute Gasteiger partial charge is 0.381 e. The first-order valence-corrected chi connectivity index (χ1v) is 5.76. The van der Waals surface area contributed by atoms with Crippen LogP contribution in [0.3, 0.4) is 0 Å². The monoisotopic (exact) mass is 199 g/mol. The Bertz CT molecular complexity index is 169. The zero-order chi connectivity index (χ0) is 9.80. The van der Waals surface area contributed by atoms with Crippen molar-refractivity contribution in [2.75, 3.05) is 20.3 Å². The van der Waals surface area contributed by atoms with Crippen LogP contribution in [0.2, 0.25) is 0 Å². The number of ether oxygens (including phenoxy) is 2. The second-order valence-electron chi connectivity index (χ2n) is 4.41. The fourth-order valence-electron chi connectivity index (χ4n) is 2.44.